The van der Waals surface area contributed by atoms with Crippen molar-refractivity contribution in [1.29, 1.82) is 5.26 Å². The van der Waals surface area contributed by atoms with Gasteiger partial charge in [-0.25, -0.2) is 0 Å². The van der Waals surface area contributed by atoms with Crippen molar-refractivity contribution < 1.29 is 84.6 Å². The Labute approximate surface area is 906 Å². The molecule has 744 valence electrons. The fourth-order valence-electron chi connectivity index (χ4n) is 14.2. The van der Waals surface area contributed by atoms with Crippen molar-refractivity contribution in [1.82, 2.24) is 0 Å². The van der Waals surface area contributed by atoms with Crippen molar-refractivity contribution >= 4 is 114 Å². The first-order valence-electron chi connectivity index (χ1n) is 41.2. The van der Waals surface area contributed by atoms with E-state index in [9.17, 15) is 0 Å². The van der Waals surface area contributed by atoms with Crippen LogP contribution < -0.4 is 84.9 Å². The van der Waals surface area contributed by atoms with Crippen LogP contribution >= 0.6 is 29.0 Å². The summed E-state index contributed by atoms with van der Waals surface area (Å²) in [4.78, 5) is 96.0. The van der Waals surface area contributed by atoms with Crippen molar-refractivity contribution in [2.24, 2.45) is 64.1 Å². The van der Waals surface area contributed by atoms with Crippen molar-refractivity contribution in [3.8, 4) is 6.07 Å². The van der Waals surface area contributed by atoms with E-state index in [1.165, 1.54) is 91.8 Å². The van der Waals surface area contributed by atoms with Crippen LogP contribution in [0.25, 0.3) is 0 Å². The van der Waals surface area contributed by atoms with Gasteiger partial charge < -0.3 is 126 Å². The number of nitriles is 1. The Balaban J connectivity index is -0.000000806. The van der Waals surface area contributed by atoms with Gasteiger partial charge in [-0.15, -0.1) is 64.1 Å². The maximum atomic E-state index is 8.00. The molecule has 44 heteroatoms. The largest absolute Gasteiger partial charge is 4.00 e. The summed E-state index contributed by atoms with van der Waals surface area (Å²) in [5, 5.41) is 138. The second-order valence-corrected chi connectivity index (χ2v) is 39.6. The Morgan fingerprint density at radius 2 is 0.219 bits per heavy atom. The molecule has 0 aromatic heterocycles. The monoisotopic (exact) mass is 2490 g/mol. The molecule has 0 atom stereocenters. The van der Waals surface area contributed by atoms with Crippen molar-refractivity contribution in [2.45, 2.75) is 20.8 Å². The second-order valence-electron chi connectivity index (χ2n) is 26.0. The van der Waals surface area contributed by atoms with Gasteiger partial charge in [0.2, 0.25) is 0 Å². The molecule has 0 aliphatic rings. The molecule has 16 rings (SSSR count). The number of ether oxygens (including phenoxy) is 1. The molecular formula is C102H93N13O25P4Th2. The van der Waals surface area contributed by atoms with Crippen LogP contribution in [-0.2, 0) is 4.74 Å². The van der Waals surface area contributed by atoms with Crippen LogP contribution in [-0.4, -0.2) is 13.2 Å². The summed E-state index contributed by atoms with van der Waals surface area (Å²) in [5.41, 5.74) is 0. The van der Waals surface area contributed by atoms with E-state index < -0.39 is 29.0 Å². The van der Waals surface area contributed by atoms with Crippen LogP contribution in [0.3, 0.4) is 0 Å². The third-order valence-corrected chi connectivity index (χ3v) is 35.9. The van der Waals surface area contributed by atoms with Gasteiger partial charge in [-0.1, -0.05) is 291 Å². The number of hydrogen-bond donors (Lipinski definition) is 0. The maximum Gasteiger partial charge on any atom is 4.00 e. The molecule has 38 nitrogen and oxygen atoms in total. The quantitative estimate of drug-likeness (QED) is 0.0437. The van der Waals surface area contributed by atoms with Gasteiger partial charge in [0, 0.05) is 20.1 Å². The minimum absolute atomic E-state index is 0. The Kier molecular flexibility index (Phi) is 85.6. The number of benzene rings is 16. The minimum Gasteiger partial charge on any atom is -0.444 e. The first-order chi connectivity index (χ1) is 70.5. The molecule has 16 aromatic carbocycles. The van der Waals surface area contributed by atoms with E-state index in [0.717, 1.165) is 77.3 Å². The van der Waals surface area contributed by atoms with E-state index in [2.05, 4.69) is 485 Å². The summed E-state index contributed by atoms with van der Waals surface area (Å²) in [6.07, 6.45) is 0. The van der Waals surface area contributed by atoms with E-state index in [1.807, 2.05) is 13.8 Å². The normalized spacial score (nSPS) is 9.00. The molecule has 0 heterocycles. The Morgan fingerprint density at radius 3 is 0.253 bits per heavy atom. The van der Waals surface area contributed by atoms with Gasteiger partial charge in [0.25, 0.3) is 0 Å². The summed E-state index contributed by atoms with van der Waals surface area (Å²) in [6.45, 7) is 7.10. The summed E-state index contributed by atoms with van der Waals surface area (Å²) >= 11 is 0. The molecular weight excluding hydrogens is 2400 g/mol. The standard InChI is InChI=1S/4C24H20P.C4H10O.C2H3N.12HNO2.2Th/c4*1-5-13-21(14-6-1)25(22-15-7-2-8-16-22,23-17-9-3-10-18-23)24-19-11-4-12-20-24;1-3-5-4-2;1-2-3;12*2-1-3;;/h4*1-20H;3-4H2,1-2H3;1H3;12*(H,2,3);;/q4*+1;;;;;;;;;;;;;;;2*+4/p-12. The number of rotatable bonds is 18. The maximum absolute atomic E-state index is 8.00. The van der Waals surface area contributed by atoms with Gasteiger partial charge in [0.1, 0.15) is 114 Å². The number of nitrogens with zero attached hydrogens (tertiary/aromatic N) is 13. The molecule has 0 saturated carbocycles. The third-order valence-electron chi connectivity index (χ3n) is 18.7. The van der Waals surface area contributed by atoms with E-state index in [0.29, 0.717) is 0 Å². The van der Waals surface area contributed by atoms with Gasteiger partial charge in [0.05, 0.1) is 6.07 Å². The minimum atomic E-state index is -1.91. The van der Waals surface area contributed by atoms with Crippen LogP contribution in [0.2, 0.25) is 0 Å². The van der Waals surface area contributed by atoms with E-state index in [4.69, 9.17) is 131 Å². The predicted molar refractivity (Wildman–Crippen MR) is 588 cm³/mol. The van der Waals surface area contributed by atoms with Crippen LogP contribution in [0.5, 0.6) is 0 Å². The Bertz CT molecular complexity index is 4560. The zero-order valence-corrected chi connectivity index (χ0v) is 89.7. The van der Waals surface area contributed by atoms with Gasteiger partial charge in [-0.05, 0) is 208 Å². The molecule has 0 N–H and O–H groups in total. The van der Waals surface area contributed by atoms with Gasteiger partial charge >= 0.3 is 79.9 Å². The molecule has 0 bridgehead atoms. The molecule has 146 heavy (non-hydrogen) atoms. The van der Waals surface area contributed by atoms with Crippen LogP contribution in [0.4, 0.5) is 0 Å². The average molecular weight is 2490 g/mol. The van der Waals surface area contributed by atoms with Crippen molar-refractivity contribution in [2.75, 3.05) is 13.2 Å². The molecule has 16 aromatic rings. The smallest absolute Gasteiger partial charge is 0.444 e. The Hall–Kier alpha value is -15.9. The summed E-state index contributed by atoms with van der Waals surface area (Å²) in [5.74, 6) is 0. The molecule has 0 aliphatic carbocycles. The fourth-order valence-corrected chi connectivity index (χ4v) is 31.3. The van der Waals surface area contributed by atoms with Crippen LogP contribution in [0, 0.1) is 213 Å². The van der Waals surface area contributed by atoms with Gasteiger partial charge in [-0.2, -0.15) is 5.26 Å². The molecule has 0 spiro atoms. The molecule has 0 fully saturated rings. The van der Waals surface area contributed by atoms with Crippen LogP contribution in [0.1, 0.15) is 20.8 Å². The third kappa shape index (κ3) is 46.9. The van der Waals surface area contributed by atoms with Crippen LogP contribution in [0.15, 0.2) is 549 Å². The molecule has 0 amide bonds. The first kappa shape index (κ1) is 136. The molecule has 0 unspecified atom stereocenters. The fraction of sp³-hybridized carbons (Fsp3) is 0.0490. The average Bonchev–Trinajstić information content (AvgIpc) is 0.754. The van der Waals surface area contributed by atoms with Gasteiger partial charge in [-0.3, -0.25) is 0 Å². The number of hydrogen-bond acceptors (Lipinski definition) is 38. The van der Waals surface area contributed by atoms with Crippen molar-refractivity contribution in [3.05, 3.63) is 607 Å². The van der Waals surface area contributed by atoms with E-state index in [1.54, 1.807) is 6.07 Å². The first-order valence-corrected chi connectivity index (χ1v) is 48.4. The molecule has 0 saturated heterocycles. The Morgan fingerprint density at radius 1 is 0.171 bits per heavy atom. The summed E-state index contributed by atoms with van der Waals surface area (Å²) in [6, 6.07) is 177. The molecule has 0 aliphatic heterocycles. The summed E-state index contributed by atoms with van der Waals surface area (Å²) < 4.78 is 4.83. The van der Waals surface area contributed by atoms with Gasteiger partial charge in [0.15, 0.2) is 0 Å². The predicted octanol–water partition coefficient (Wildman–Crippen LogP) is 21.8. The zero-order valence-electron chi connectivity index (χ0n) is 77.9. The SMILES string of the molecule is CC#N.CCOCC.O=N[O-].O=N[O-].O=N[O-].O=N[O-].O=N[O-].O=N[O-].O=N[O-].O=N[O-].O=N[O-].O=N[O-].O=N[O-].O=N[O-].[Th+4].[Th+4].c1ccc([P+](c2ccccc2)(c2ccccc2)c2ccccc2)cc1.c1ccc([P+](c2ccccc2)(c2ccccc2)c2ccccc2)cc1.c1ccc([P+](c2ccccc2)(c2ccccc2)c2ccccc2)cc1.c1ccc([P+](c2ccccc2)(c2ccccc2)c2ccccc2)cc1. The second kappa shape index (κ2) is 91.6. The van der Waals surface area contributed by atoms with E-state index >= 15 is 0 Å². The summed E-state index contributed by atoms with van der Waals surface area (Å²) in [7, 11) is -7.62. The van der Waals surface area contributed by atoms with E-state index in [-0.39, 0.29) is 79.9 Å². The zero-order chi connectivity index (χ0) is 107. The molecule has 0 radical (unpaired) electrons. The topological polar surface area (TPSA) is 663 Å². The van der Waals surface area contributed by atoms with Crippen molar-refractivity contribution in [3.63, 3.8) is 0 Å².